The van der Waals surface area contributed by atoms with Crippen LogP contribution in [0.25, 0.3) is 0 Å². The normalized spacial score (nSPS) is 12.3. The Balaban J connectivity index is 2.79. The lowest BCUT2D eigenvalue weighted by molar-refractivity contribution is -0.137. The first-order chi connectivity index (χ1) is 9.75. The number of nitrogens with one attached hydrogen (secondary N) is 1. The van der Waals surface area contributed by atoms with Gasteiger partial charge < -0.3 is 11.1 Å². The van der Waals surface area contributed by atoms with Gasteiger partial charge in [0.15, 0.2) is 0 Å². The molecule has 112 valence electrons. The highest BCUT2D eigenvalue weighted by Crippen LogP contribution is 2.29. The average Bonchev–Trinajstić information content (AvgIpc) is 2.42. The van der Waals surface area contributed by atoms with E-state index in [0.717, 1.165) is 24.3 Å². The molecule has 3 N–H and O–H groups in total. The smallest absolute Gasteiger partial charge is 0.368 e. The quantitative estimate of drug-likeness (QED) is 0.864. The maximum Gasteiger partial charge on any atom is 0.416 e. The molecule has 8 heteroatoms. The first kappa shape index (κ1) is 16.5. The topological polar surface area (TPSA) is 96.0 Å². The van der Waals surface area contributed by atoms with Gasteiger partial charge in [-0.3, -0.25) is 9.59 Å². The molecule has 1 aromatic rings. The number of hydrogen-bond acceptors (Lipinski definition) is 3. The van der Waals surface area contributed by atoms with Gasteiger partial charge >= 0.3 is 6.18 Å². The molecule has 21 heavy (non-hydrogen) atoms. The Labute approximate surface area is 118 Å². The van der Waals surface area contributed by atoms with Crippen molar-refractivity contribution in [3.05, 3.63) is 35.4 Å². The van der Waals surface area contributed by atoms with Crippen LogP contribution in [0.2, 0.25) is 0 Å². The number of primary amides is 1. The molecule has 0 radical (unpaired) electrons. The lowest BCUT2D eigenvalue weighted by Gasteiger charge is -2.14. The average molecular weight is 299 g/mol. The molecule has 0 saturated carbocycles. The molecule has 0 aliphatic rings. The van der Waals surface area contributed by atoms with E-state index in [0.29, 0.717) is 0 Å². The lowest BCUT2D eigenvalue weighted by Crippen LogP contribution is -2.44. The predicted octanol–water partition coefficient (Wildman–Crippen LogP) is 1.59. The Hall–Kier alpha value is -2.56. The van der Waals surface area contributed by atoms with E-state index in [1.54, 1.807) is 6.07 Å². The van der Waals surface area contributed by atoms with Crippen molar-refractivity contribution in [2.75, 3.05) is 0 Å². The van der Waals surface area contributed by atoms with Gasteiger partial charge in [-0.05, 0) is 30.7 Å². The Morgan fingerprint density at radius 3 is 2.29 bits per heavy atom. The number of carbonyl (C=O) groups is 2. The SMILES string of the molecule is N#CCC[C@H](NC(=O)c1ccc(C(F)(F)F)cc1)C(N)=O. The van der Waals surface area contributed by atoms with Crippen LogP contribution in [0.3, 0.4) is 0 Å². The van der Waals surface area contributed by atoms with Gasteiger partial charge in [0.2, 0.25) is 5.91 Å². The van der Waals surface area contributed by atoms with Crippen molar-refractivity contribution < 1.29 is 22.8 Å². The molecule has 5 nitrogen and oxygen atoms in total. The molecule has 0 aliphatic carbocycles. The van der Waals surface area contributed by atoms with Crippen molar-refractivity contribution in [3.8, 4) is 6.07 Å². The second-order valence-corrected chi connectivity index (χ2v) is 4.20. The molecule has 0 spiro atoms. The zero-order valence-corrected chi connectivity index (χ0v) is 10.8. The summed E-state index contributed by atoms with van der Waals surface area (Å²) in [4.78, 5) is 22.9. The molecule has 0 heterocycles. The second kappa shape index (κ2) is 6.74. The van der Waals surface area contributed by atoms with Crippen molar-refractivity contribution in [1.82, 2.24) is 5.32 Å². The highest BCUT2D eigenvalue weighted by molar-refractivity contribution is 5.97. The van der Waals surface area contributed by atoms with E-state index in [2.05, 4.69) is 5.32 Å². The van der Waals surface area contributed by atoms with Gasteiger partial charge in [0, 0.05) is 12.0 Å². The van der Waals surface area contributed by atoms with Crippen molar-refractivity contribution >= 4 is 11.8 Å². The minimum atomic E-state index is -4.49. The number of hydrogen-bond donors (Lipinski definition) is 2. The van der Waals surface area contributed by atoms with E-state index in [-0.39, 0.29) is 18.4 Å². The number of amides is 2. The van der Waals surface area contributed by atoms with Gasteiger partial charge in [0.1, 0.15) is 6.04 Å². The fraction of sp³-hybridized carbons (Fsp3) is 0.308. The summed E-state index contributed by atoms with van der Waals surface area (Å²) in [6, 6.07) is 4.30. The number of halogens is 3. The van der Waals surface area contributed by atoms with Gasteiger partial charge in [-0.2, -0.15) is 18.4 Å². The minimum absolute atomic E-state index is 0.0148. The number of nitrogens with zero attached hydrogens (tertiary/aromatic N) is 1. The Morgan fingerprint density at radius 2 is 1.86 bits per heavy atom. The predicted molar refractivity (Wildman–Crippen MR) is 66.7 cm³/mol. The van der Waals surface area contributed by atoms with Gasteiger partial charge in [0.05, 0.1) is 11.6 Å². The summed E-state index contributed by atoms with van der Waals surface area (Å²) in [6.45, 7) is 0. The molecule has 0 fully saturated rings. The van der Waals surface area contributed by atoms with Crippen molar-refractivity contribution in [3.63, 3.8) is 0 Å². The first-order valence-electron chi connectivity index (χ1n) is 5.90. The van der Waals surface area contributed by atoms with Crippen LogP contribution in [0.1, 0.15) is 28.8 Å². The molecule has 0 unspecified atom stereocenters. The van der Waals surface area contributed by atoms with E-state index in [9.17, 15) is 22.8 Å². The number of alkyl halides is 3. The third kappa shape index (κ3) is 4.80. The van der Waals surface area contributed by atoms with Gasteiger partial charge in [0.25, 0.3) is 5.91 Å². The molecule has 0 bridgehead atoms. The summed E-state index contributed by atoms with van der Waals surface area (Å²) in [5, 5.41) is 10.7. The molecular weight excluding hydrogens is 287 g/mol. The largest absolute Gasteiger partial charge is 0.416 e. The van der Waals surface area contributed by atoms with E-state index >= 15 is 0 Å². The van der Waals surface area contributed by atoms with Gasteiger partial charge in [-0.1, -0.05) is 0 Å². The zero-order valence-electron chi connectivity index (χ0n) is 10.8. The molecule has 0 aliphatic heterocycles. The number of benzene rings is 1. The highest BCUT2D eigenvalue weighted by Gasteiger charge is 2.30. The molecular formula is C13H12F3N3O2. The summed E-state index contributed by atoms with van der Waals surface area (Å²) in [5.41, 5.74) is 4.16. The van der Waals surface area contributed by atoms with E-state index in [4.69, 9.17) is 11.0 Å². The van der Waals surface area contributed by atoms with Crippen LogP contribution in [0.4, 0.5) is 13.2 Å². The van der Waals surface area contributed by atoms with Crippen LogP contribution in [0.15, 0.2) is 24.3 Å². The summed E-state index contributed by atoms with van der Waals surface area (Å²) in [5.74, 6) is -1.55. The van der Waals surface area contributed by atoms with Gasteiger partial charge in [-0.15, -0.1) is 0 Å². The Kier molecular flexibility index (Phi) is 5.30. The third-order valence-corrected chi connectivity index (χ3v) is 2.67. The van der Waals surface area contributed by atoms with Gasteiger partial charge in [-0.25, -0.2) is 0 Å². The van der Waals surface area contributed by atoms with E-state index < -0.39 is 29.6 Å². The van der Waals surface area contributed by atoms with Crippen molar-refractivity contribution in [2.45, 2.75) is 25.1 Å². The van der Waals surface area contributed by atoms with E-state index in [1.165, 1.54) is 0 Å². The first-order valence-corrected chi connectivity index (χ1v) is 5.90. The second-order valence-electron chi connectivity index (χ2n) is 4.20. The van der Waals surface area contributed by atoms with Crippen LogP contribution in [-0.2, 0) is 11.0 Å². The molecule has 1 atom stereocenters. The summed E-state index contributed by atoms with van der Waals surface area (Å²) in [7, 11) is 0. The molecule has 1 rings (SSSR count). The molecule has 1 aromatic carbocycles. The Bertz CT molecular complexity index is 562. The van der Waals surface area contributed by atoms with Crippen molar-refractivity contribution in [1.29, 1.82) is 5.26 Å². The minimum Gasteiger partial charge on any atom is -0.368 e. The summed E-state index contributed by atoms with van der Waals surface area (Å²) in [6.07, 6.45) is -4.43. The Morgan fingerprint density at radius 1 is 1.29 bits per heavy atom. The van der Waals surface area contributed by atoms with Crippen LogP contribution in [0, 0.1) is 11.3 Å². The number of carbonyl (C=O) groups excluding carboxylic acids is 2. The zero-order chi connectivity index (χ0) is 16.0. The summed E-state index contributed by atoms with van der Waals surface area (Å²) < 4.78 is 37.2. The van der Waals surface area contributed by atoms with Crippen LogP contribution in [-0.4, -0.2) is 17.9 Å². The third-order valence-electron chi connectivity index (χ3n) is 2.67. The van der Waals surface area contributed by atoms with Crippen LogP contribution in [0.5, 0.6) is 0 Å². The van der Waals surface area contributed by atoms with Crippen molar-refractivity contribution in [2.24, 2.45) is 5.73 Å². The highest BCUT2D eigenvalue weighted by atomic mass is 19.4. The maximum absolute atomic E-state index is 12.4. The standard InChI is InChI=1S/C13H12F3N3O2/c14-13(15,16)9-5-3-8(4-6-9)12(21)19-10(11(18)20)2-1-7-17/h3-6,10H,1-2H2,(H2,18,20)(H,19,21)/t10-/m0/s1. The number of nitrogens with two attached hydrogens (primary N) is 1. The van der Waals surface area contributed by atoms with Crippen LogP contribution >= 0.6 is 0 Å². The van der Waals surface area contributed by atoms with Crippen LogP contribution < -0.4 is 11.1 Å². The molecule has 0 saturated heterocycles. The lowest BCUT2D eigenvalue weighted by atomic mass is 10.1. The fourth-order valence-corrected chi connectivity index (χ4v) is 1.55. The molecule has 2 amide bonds. The monoisotopic (exact) mass is 299 g/mol. The number of rotatable bonds is 5. The summed E-state index contributed by atoms with van der Waals surface area (Å²) >= 11 is 0. The maximum atomic E-state index is 12.4. The number of nitriles is 1. The fourth-order valence-electron chi connectivity index (χ4n) is 1.55. The molecule has 0 aromatic heterocycles. The van der Waals surface area contributed by atoms with E-state index in [1.807, 2.05) is 0 Å².